The molecule has 0 N–H and O–H groups in total. The second-order valence-corrected chi connectivity index (χ2v) is 9.68. The van der Waals surface area contributed by atoms with E-state index in [1.807, 2.05) is 0 Å². The number of hydrogen-bond acceptors (Lipinski definition) is 2. The minimum atomic E-state index is 0.806. The molecule has 0 spiro atoms. The molecule has 0 aromatic heterocycles. The van der Waals surface area contributed by atoms with E-state index in [0.29, 0.717) is 0 Å². The largest absolute Gasteiger partial charge is 0.493 e. The zero-order chi connectivity index (χ0) is 23.3. The van der Waals surface area contributed by atoms with Crippen LogP contribution in [0.25, 0.3) is 10.8 Å². The Labute approximate surface area is 202 Å². The highest BCUT2D eigenvalue weighted by Gasteiger charge is 2.24. The lowest BCUT2D eigenvalue weighted by Gasteiger charge is -2.26. The molecule has 0 unspecified atom stereocenters. The second-order valence-electron chi connectivity index (χ2n) is 9.68. The van der Waals surface area contributed by atoms with Gasteiger partial charge in [-0.05, 0) is 38.5 Å². The molecule has 1 aliphatic carbocycles. The molecule has 33 heavy (non-hydrogen) atoms. The monoisotopic (exact) mass is 450 g/mol. The fourth-order valence-electron chi connectivity index (χ4n) is 4.96. The Morgan fingerprint density at radius 2 is 1.18 bits per heavy atom. The van der Waals surface area contributed by atoms with Crippen molar-refractivity contribution in [1.29, 1.82) is 0 Å². The molecule has 2 aromatic rings. The topological polar surface area (TPSA) is 18.5 Å². The molecular formula is C31H46O2. The van der Waals surface area contributed by atoms with E-state index in [2.05, 4.69) is 51.1 Å². The van der Waals surface area contributed by atoms with Crippen LogP contribution in [0.2, 0.25) is 0 Å². The predicted octanol–water partition coefficient (Wildman–Crippen LogP) is 9.36. The lowest BCUT2D eigenvalue weighted by atomic mass is 9.85. The van der Waals surface area contributed by atoms with Crippen LogP contribution in [0.15, 0.2) is 35.9 Å². The fraction of sp³-hybridized carbons (Fsp3) is 0.613. The maximum Gasteiger partial charge on any atom is 0.131 e. The van der Waals surface area contributed by atoms with Gasteiger partial charge in [0.2, 0.25) is 0 Å². The predicted molar refractivity (Wildman–Crippen MR) is 143 cm³/mol. The molecule has 0 amide bonds. The molecule has 2 nitrogen and oxygen atoms in total. The van der Waals surface area contributed by atoms with Gasteiger partial charge >= 0.3 is 0 Å². The molecular weight excluding hydrogens is 404 g/mol. The van der Waals surface area contributed by atoms with Crippen LogP contribution in [0.5, 0.6) is 11.5 Å². The van der Waals surface area contributed by atoms with Crippen LogP contribution in [0.4, 0.5) is 0 Å². The molecule has 2 heteroatoms. The number of benzene rings is 2. The van der Waals surface area contributed by atoms with Crippen molar-refractivity contribution in [3.63, 3.8) is 0 Å². The van der Waals surface area contributed by atoms with Gasteiger partial charge in [-0.15, -0.1) is 0 Å². The van der Waals surface area contributed by atoms with E-state index in [4.69, 9.17) is 9.47 Å². The summed E-state index contributed by atoms with van der Waals surface area (Å²) in [6.45, 7) is 8.42. The minimum absolute atomic E-state index is 0.806. The van der Waals surface area contributed by atoms with Gasteiger partial charge in [-0.1, -0.05) is 108 Å². The highest BCUT2D eigenvalue weighted by molar-refractivity contribution is 5.96. The van der Waals surface area contributed by atoms with Crippen LogP contribution in [0.1, 0.15) is 109 Å². The molecule has 0 saturated carbocycles. The summed E-state index contributed by atoms with van der Waals surface area (Å²) in [6.07, 6.45) is 19.4. The molecule has 0 saturated heterocycles. The Bertz CT molecular complexity index is 880. The summed E-state index contributed by atoms with van der Waals surface area (Å²) in [5.41, 5.74) is 4.34. The third-order valence-electron chi connectivity index (χ3n) is 6.92. The van der Waals surface area contributed by atoms with Crippen LogP contribution >= 0.6 is 0 Å². The number of unbranched alkanes of at least 4 members (excludes halogenated alkanes) is 8. The first-order chi connectivity index (χ1) is 16.3. The minimum Gasteiger partial charge on any atom is -0.493 e. The van der Waals surface area contributed by atoms with Gasteiger partial charge in [-0.3, -0.25) is 0 Å². The lowest BCUT2D eigenvalue weighted by Crippen LogP contribution is -2.12. The molecule has 3 rings (SSSR count). The Morgan fingerprint density at radius 1 is 0.636 bits per heavy atom. The van der Waals surface area contributed by atoms with E-state index in [0.717, 1.165) is 50.4 Å². The van der Waals surface area contributed by atoms with Crippen molar-refractivity contribution in [3.8, 4) is 11.5 Å². The normalized spacial score (nSPS) is 13.1. The van der Waals surface area contributed by atoms with Gasteiger partial charge in [-0.2, -0.15) is 0 Å². The van der Waals surface area contributed by atoms with E-state index in [-0.39, 0.29) is 0 Å². The van der Waals surface area contributed by atoms with E-state index in [9.17, 15) is 0 Å². The molecule has 0 radical (unpaired) electrons. The number of hydrogen-bond donors (Lipinski definition) is 0. The van der Waals surface area contributed by atoms with Gasteiger partial charge in [0.1, 0.15) is 11.5 Å². The van der Waals surface area contributed by atoms with Crippen molar-refractivity contribution in [2.75, 3.05) is 13.2 Å². The zero-order valence-corrected chi connectivity index (χ0v) is 21.5. The third-order valence-corrected chi connectivity index (χ3v) is 6.92. The summed E-state index contributed by atoms with van der Waals surface area (Å²) < 4.78 is 13.1. The zero-order valence-electron chi connectivity index (χ0n) is 21.5. The van der Waals surface area contributed by atoms with Crippen LogP contribution < -0.4 is 9.47 Å². The number of rotatable bonds is 16. The van der Waals surface area contributed by atoms with Crippen LogP contribution in [-0.2, 0) is 12.8 Å². The molecule has 0 aliphatic heterocycles. The van der Waals surface area contributed by atoms with E-state index in [1.165, 1.54) is 86.1 Å². The Kier molecular flexibility index (Phi) is 11.1. The van der Waals surface area contributed by atoms with Gasteiger partial charge in [-0.25, -0.2) is 0 Å². The number of ether oxygens (including phenoxy) is 2. The SMILES string of the molecule is CCCCCCOc1c2c(c(OCCCCCC)c3ccccc13)CC(CCCCC)=CC2. The summed E-state index contributed by atoms with van der Waals surface area (Å²) in [6, 6.07) is 8.74. The van der Waals surface area contributed by atoms with E-state index in [1.54, 1.807) is 5.57 Å². The van der Waals surface area contributed by atoms with Crippen molar-refractivity contribution in [1.82, 2.24) is 0 Å². The summed E-state index contributed by atoms with van der Waals surface area (Å²) in [5.74, 6) is 2.23. The first kappa shape index (κ1) is 25.7. The van der Waals surface area contributed by atoms with Crippen molar-refractivity contribution in [2.24, 2.45) is 0 Å². The molecule has 0 bridgehead atoms. The van der Waals surface area contributed by atoms with E-state index >= 15 is 0 Å². The Morgan fingerprint density at radius 3 is 1.76 bits per heavy atom. The van der Waals surface area contributed by atoms with Crippen LogP contribution in [-0.4, -0.2) is 13.2 Å². The lowest BCUT2D eigenvalue weighted by molar-refractivity contribution is 0.297. The summed E-state index contributed by atoms with van der Waals surface area (Å²) in [4.78, 5) is 0. The highest BCUT2D eigenvalue weighted by atomic mass is 16.5. The van der Waals surface area contributed by atoms with Crippen molar-refractivity contribution in [3.05, 3.63) is 47.0 Å². The summed E-state index contributed by atoms with van der Waals surface area (Å²) in [7, 11) is 0. The van der Waals surface area contributed by atoms with Crippen LogP contribution in [0.3, 0.4) is 0 Å². The highest BCUT2D eigenvalue weighted by Crippen LogP contribution is 2.44. The van der Waals surface area contributed by atoms with Crippen molar-refractivity contribution >= 4 is 10.8 Å². The smallest absolute Gasteiger partial charge is 0.131 e. The summed E-state index contributed by atoms with van der Waals surface area (Å²) in [5, 5.41) is 2.45. The van der Waals surface area contributed by atoms with Gasteiger partial charge in [0.15, 0.2) is 0 Å². The molecule has 0 atom stereocenters. The number of allylic oxidation sites excluding steroid dienone is 2. The number of fused-ring (bicyclic) bond motifs is 2. The van der Waals surface area contributed by atoms with Gasteiger partial charge < -0.3 is 9.47 Å². The Hall–Kier alpha value is -1.96. The van der Waals surface area contributed by atoms with Crippen molar-refractivity contribution in [2.45, 2.75) is 111 Å². The molecule has 0 fully saturated rings. The second kappa shape index (κ2) is 14.3. The molecule has 0 heterocycles. The standard InChI is InChI=1S/C31H46O2/c1-4-7-10-15-22-32-30-26-18-13-14-19-27(26)31(33-23-16-11-8-5-2)29-24-25(17-12-9-6-3)20-21-28(29)30/h13-14,18-20H,4-12,15-17,21-24H2,1-3H3. The maximum atomic E-state index is 6.57. The average molecular weight is 451 g/mol. The van der Waals surface area contributed by atoms with Crippen molar-refractivity contribution < 1.29 is 9.47 Å². The quantitative estimate of drug-likeness (QED) is 0.187. The molecule has 1 aliphatic rings. The van der Waals surface area contributed by atoms with Gasteiger partial charge in [0.05, 0.1) is 13.2 Å². The first-order valence-corrected chi connectivity index (χ1v) is 13.8. The third kappa shape index (κ3) is 7.26. The van der Waals surface area contributed by atoms with Gasteiger partial charge in [0.25, 0.3) is 0 Å². The first-order valence-electron chi connectivity index (χ1n) is 13.8. The van der Waals surface area contributed by atoms with E-state index < -0.39 is 0 Å². The average Bonchev–Trinajstić information content (AvgIpc) is 2.84. The fourth-order valence-corrected chi connectivity index (χ4v) is 4.96. The Balaban J connectivity index is 1.89. The summed E-state index contributed by atoms with van der Waals surface area (Å²) >= 11 is 0. The molecule has 2 aromatic carbocycles. The maximum absolute atomic E-state index is 6.57. The van der Waals surface area contributed by atoms with Crippen LogP contribution in [0, 0.1) is 0 Å². The van der Waals surface area contributed by atoms with Gasteiger partial charge in [0, 0.05) is 21.9 Å². The molecule has 182 valence electrons.